The zero-order valence-corrected chi connectivity index (χ0v) is 9.45. The molecule has 1 unspecified atom stereocenters. The molecule has 2 N–H and O–H groups in total. The number of methoxy groups -OCH3 is 1. The second-order valence-electron chi connectivity index (χ2n) is 3.53. The summed E-state index contributed by atoms with van der Waals surface area (Å²) in [6.07, 6.45) is 0.543. The summed E-state index contributed by atoms with van der Waals surface area (Å²) in [6.45, 7) is 6.52. The van der Waals surface area contributed by atoms with Gasteiger partial charge in [0.15, 0.2) is 0 Å². The third-order valence-electron chi connectivity index (χ3n) is 2.11. The number of rotatable bonds is 7. The first-order chi connectivity index (χ1) is 6.65. The van der Waals surface area contributed by atoms with Gasteiger partial charge in [-0.3, -0.25) is 4.79 Å². The molecule has 0 heterocycles. The fourth-order valence-corrected chi connectivity index (χ4v) is 1.39. The van der Waals surface area contributed by atoms with Crippen molar-refractivity contribution in [2.75, 3.05) is 33.4 Å². The molecule has 0 bridgehead atoms. The second-order valence-corrected chi connectivity index (χ2v) is 3.53. The minimum atomic E-state index is 0.169. The molecule has 0 aliphatic carbocycles. The van der Waals surface area contributed by atoms with E-state index in [1.54, 1.807) is 12.0 Å². The van der Waals surface area contributed by atoms with Crippen molar-refractivity contribution in [2.45, 2.75) is 20.3 Å². The minimum Gasteiger partial charge on any atom is -0.384 e. The highest BCUT2D eigenvalue weighted by Crippen LogP contribution is 2.05. The molecule has 1 atom stereocenters. The Labute approximate surface area is 86.4 Å². The number of hydrogen-bond acceptors (Lipinski definition) is 3. The van der Waals surface area contributed by atoms with E-state index in [1.165, 1.54) is 0 Å². The Morgan fingerprint density at radius 1 is 1.57 bits per heavy atom. The van der Waals surface area contributed by atoms with E-state index in [9.17, 15) is 4.79 Å². The van der Waals surface area contributed by atoms with Crippen LogP contribution in [0.25, 0.3) is 0 Å². The lowest BCUT2D eigenvalue weighted by atomic mass is 10.1. The van der Waals surface area contributed by atoms with E-state index in [1.807, 2.05) is 13.8 Å². The molecule has 0 radical (unpaired) electrons. The van der Waals surface area contributed by atoms with E-state index in [0.29, 0.717) is 26.1 Å². The molecule has 14 heavy (non-hydrogen) atoms. The van der Waals surface area contributed by atoms with E-state index in [0.717, 1.165) is 6.54 Å². The number of ether oxygens (including phenoxy) is 1. The van der Waals surface area contributed by atoms with Gasteiger partial charge in [0.1, 0.15) is 0 Å². The summed E-state index contributed by atoms with van der Waals surface area (Å²) in [6, 6.07) is 0. The molecule has 4 nitrogen and oxygen atoms in total. The molecule has 1 amide bonds. The van der Waals surface area contributed by atoms with Gasteiger partial charge in [-0.1, -0.05) is 6.92 Å². The average molecular weight is 202 g/mol. The van der Waals surface area contributed by atoms with Crippen molar-refractivity contribution in [1.29, 1.82) is 0 Å². The van der Waals surface area contributed by atoms with Crippen LogP contribution in [-0.2, 0) is 9.53 Å². The van der Waals surface area contributed by atoms with Crippen LogP contribution in [0.1, 0.15) is 20.3 Å². The van der Waals surface area contributed by atoms with Crippen LogP contribution in [0.15, 0.2) is 0 Å². The Bertz CT molecular complexity index is 162. The quantitative estimate of drug-likeness (QED) is 0.653. The van der Waals surface area contributed by atoms with Gasteiger partial charge in [-0.15, -0.1) is 0 Å². The van der Waals surface area contributed by atoms with Gasteiger partial charge in [-0.2, -0.15) is 0 Å². The molecule has 0 rings (SSSR count). The molecule has 0 saturated carbocycles. The number of nitrogens with zero attached hydrogens (tertiary/aromatic N) is 1. The van der Waals surface area contributed by atoms with Gasteiger partial charge in [0.05, 0.1) is 0 Å². The van der Waals surface area contributed by atoms with Gasteiger partial charge in [-0.25, -0.2) is 0 Å². The fraction of sp³-hybridized carbons (Fsp3) is 0.900. The van der Waals surface area contributed by atoms with Crippen molar-refractivity contribution in [3.63, 3.8) is 0 Å². The molecule has 0 aromatic heterocycles. The van der Waals surface area contributed by atoms with Crippen molar-refractivity contribution in [2.24, 2.45) is 11.7 Å². The van der Waals surface area contributed by atoms with Gasteiger partial charge in [0.25, 0.3) is 0 Å². The molecular weight excluding hydrogens is 180 g/mol. The lowest BCUT2D eigenvalue weighted by Gasteiger charge is -2.21. The van der Waals surface area contributed by atoms with Crippen LogP contribution in [-0.4, -0.2) is 44.2 Å². The largest absolute Gasteiger partial charge is 0.384 e. The number of amides is 1. The third-order valence-corrected chi connectivity index (χ3v) is 2.11. The van der Waals surface area contributed by atoms with E-state index in [4.69, 9.17) is 10.5 Å². The van der Waals surface area contributed by atoms with Crippen molar-refractivity contribution in [3.8, 4) is 0 Å². The average Bonchev–Trinajstić information content (AvgIpc) is 2.14. The molecule has 84 valence electrons. The molecule has 4 heteroatoms. The first-order valence-corrected chi connectivity index (χ1v) is 5.12. The van der Waals surface area contributed by atoms with Crippen molar-refractivity contribution < 1.29 is 9.53 Å². The molecule has 0 aliphatic heterocycles. The van der Waals surface area contributed by atoms with Crippen molar-refractivity contribution >= 4 is 5.91 Å². The van der Waals surface area contributed by atoms with E-state index < -0.39 is 0 Å². The standard InChI is InChI=1S/C10H22N2O2/c1-4-12(6-5-11)10(13)7-9(2)8-14-3/h9H,4-8,11H2,1-3H3. The number of hydrogen-bond donors (Lipinski definition) is 1. The lowest BCUT2D eigenvalue weighted by molar-refractivity contribution is -0.132. The van der Waals surface area contributed by atoms with Gasteiger partial charge in [0.2, 0.25) is 5.91 Å². The van der Waals surface area contributed by atoms with Gasteiger partial charge in [0, 0.05) is 39.8 Å². The number of nitrogens with two attached hydrogens (primary N) is 1. The van der Waals surface area contributed by atoms with Crippen LogP contribution in [0, 0.1) is 5.92 Å². The molecule has 0 aromatic rings. The number of carbonyl (C=O) groups is 1. The summed E-state index contributed by atoms with van der Waals surface area (Å²) >= 11 is 0. The van der Waals surface area contributed by atoms with Crippen LogP contribution < -0.4 is 5.73 Å². The molecule has 0 aliphatic rings. The van der Waals surface area contributed by atoms with Gasteiger partial charge in [-0.05, 0) is 12.8 Å². The summed E-state index contributed by atoms with van der Waals surface area (Å²) in [5.41, 5.74) is 5.41. The third kappa shape index (κ3) is 5.19. The number of likely N-dealkylation sites (N-methyl/N-ethyl adjacent to an activating group) is 1. The fourth-order valence-electron chi connectivity index (χ4n) is 1.39. The molecule has 0 spiro atoms. The summed E-state index contributed by atoms with van der Waals surface area (Å²) < 4.78 is 4.98. The smallest absolute Gasteiger partial charge is 0.222 e. The molecule has 0 aromatic carbocycles. The molecule has 0 fully saturated rings. The predicted molar refractivity (Wildman–Crippen MR) is 57.0 cm³/mol. The first-order valence-electron chi connectivity index (χ1n) is 5.12. The molecular formula is C10H22N2O2. The monoisotopic (exact) mass is 202 g/mol. The molecule has 0 saturated heterocycles. The van der Waals surface area contributed by atoms with Crippen LogP contribution in [0.4, 0.5) is 0 Å². The van der Waals surface area contributed by atoms with Gasteiger partial charge >= 0.3 is 0 Å². The maximum atomic E-state index is 11.7. The Balaban J connectivity index is 3.90. The van der Waals surface area contributed by atoms with E-state index >= 15 is 0 Å². The Morgan fingerprint density at radius 3 is 2.64 bits per heavy atom. The Kier molecular flexibility index (Phi) is 7.42. The second kappa shape index (κ2) is 7.76. The highest BCUT2D eigenvalue weighted by atomic mass is 16.5. The predicted octanol–water partition coefficient (Wildman–Crippen LogP) is 0.466. The summed E-state index contributed by atoms with van der Waals surface area (Å²) in [4.78, 5) is 13.4. The van der Waals surface area contributed by atoms with Crippen LogP contribution in [0.2, 0.25) is 0 Å². The Hall–Kier alpha value is -0.610. The zero-order chi connectivity index (χ0) is 11.0. The Morgan fingerprint density at radius 2 is 2.21 bits per heavy atom. The highest BCUT2D eigenvalue weighted by Gasteiger charge is 2.14. The normalized spacial score (nSPS) is 12.6. The minimum absolute atomic E-state index is 0.169. The summed E-state index contributed by atoms with van der Waals surface area (Å²) in [5.74, 6) is 0.446. The van der Waals surface area contributed by atoms with Crippen LogP contribution >= 0.6 is 0 Å². The lowest BCUT2D eigenvalue weighted by Crippen LogP contribution is -2.36. The van der Waals surface area contributed by atoms with Crippen molar-refractivity contribution in [3.05, 3.63) is 0 Å². The summed E-state index contributed by atoms with van der Waals surface area (Å²) in [5, 5.41) is 0. The van der Waals surface area contributed by atoms with E-state index in [-0.39, 0.29) is 11.8 Å². The van der Waals surface area contributed by atoms with E-state index in [2.05, 4.69) is 0 Å². The summed E-state index contributed by atoms with van der Waals surface area (Å²) in [7, 11) is 1.65. The van der Waals surface area contributed by atoms with Crippen LogP contribution in [0.5, 0.6) is 0 Å². The maximum absolute atomic E-state index is 11.7. The highest BCUT2D eigenvalue weighted by molar-refractivity contribution is 5.76. The van der Waals surface area contributed by atoms with Crippen molar-refractivity contribution in [1.82, 2.24) is 4.90 Å². The SMILES string of the molecule is CCN(CCN)C(=O)CC(C)COC. The topological polar surface area (TPSA) is 55.6 Å². The zero-order valence-electron chi connectivity index (χ0n) is 9.45. The maximum Gasteiger partial charge on any atom is 0.222 e. The van der Waals surface area contributed by atoms with Crippen LogP contribution in [0.3, 0.4) is 0 Å². The first kappa shape index (κ1) is 13.4. The number of carbonyl (C=O) groups excluding carboxylic acids is 1. The van der Waals surface area contributed by atoms with Gasteiger partial charge < -0.3 is 15.4 Å².